The summed E-state index contributed by atoms with van der Waals surface area (Å²) in [5, 5.41) is 7.20. The number of nitrogens with one attached hydrogen (secondary N) is 1. The van der Waals surface area contributed by atoms with E-state index in [1.165, 1.54) is 11.3 Å². The number of aromatic nitrogens is 2. The summed E-state index contributed by atoms with van der Waals surface area (Å²) in [6, 6.07) is 18.0. The van der Waals surface area contributed by atoms with Gasteiger partial charge in [0.1, 0.15) is 11.4 Å². The molecule has 1 aromatic heterocycles. The molecule has 3 aromatic rings. The van der Waals surface area contributed by atoms with Crippen LogP contribution in [0.25, 0.3) is 11.3 Å². The second-order valence-corrected chi connectivity index (χ2v) is 7.01. The van der Waals surface area contributed by atoms with Crippen LogP contribution in [0.3, 0.4) is 0 Å². The highest BCUT2D eigenvalue weighted by molar-refractivity contribution is 5.93. The summed E-state index contributed by atoms with van der Waals surface area (Å²) in [6.07, 6.45) is 0. The van der Waals surface area contributed by atoms with Gasteiger partial charge in [0.25, 0.3) is 5.91 Å². The van der Waals surface area contributed by atoms with Crippen molar-refractivity contribution < 1.29 is 9.53 Å². The molecule has 28 heavy (non-hydrogen) atoms. The molecule has 0 bridgehead atoms. The van der Waals surface area contributed by atoms with Crippen molar-refractivity contribution >= 4 is 11.6 Å². The maximum atomic E-state index is 12.8. The van der Waals surface area contributed by atoms with E-state index in [1.54, 1.807) is 7.11 Å². The molecule has 1 amide bonds. The van der Waals surface area contributed by atoms with Crippen molar-refractivity contribution in [3.8, 4) is 17.0 Å². The predicted octanol–water partition coefficient (Wildman–Crippen LogP) is 3.36. The van der Waals surface area contributed by atoms with Crippen molar-refractivity contribution in [2.24, 2.45) is 0 Å². The number of amides is 1. The van der Waals surface area contributed by atoms with Crippen LogP contribution in [0.4, 0.5) is 5.69 Å². The molecule has 0 radical (unpaired) electrons. The van der Waals surface area contributed by atoms with Crippen molar-refractivity contribution in [2.75, 3.05) is 38.2 Å². The number of carbonyl (C=O) groups excluding carboxylic acids is 1. The maximum Gasteiger partial charge on any atom is 0.272 e. The number of piperazine rings is 1. The Hall–Kier alpha value is -3.28. The molecular weight excluding hydrogens is 352 g/mol. The van der Waals surface area contributed by atoms with Crippen LogP contribution in [0, 0.1) is 6.92 Å². The van der Waals surface area contributed by atoms with Crippen molar-refractivity contribution in [3.05, 3.63) is 65.9 Å². The Kier molecular flexibility index (Phi) is 5.02. The minimum absolute atomic E-state index is 0.00387. The molecule has 1 saturated heterocycles. The van der Waals surface area contributed by atoms with Gasteiger partial charge in [-0.2, -0.15) is 5.10 Å². The normalized spacial score (nSPS) is 14.2. The number of hydrogen-bond donors (Lipinski definition) is 1. The first kappa shape index (κ1) is 18.1. The van der Waals surface area contributed by atoms with E-state index in [0.29, 0.717) is 18.8 Å². The monoisotopic (exact) mass is 376 g/mol. The lowest BCUT2D eigenvalue weighted by atomic mass is 10.1. The molecule has 6 heteroatoms. The van der Waals surface area contributed by atoms with Gasteiger partial charge in [-0.3, -0.25) is 9.89 Å². The Morgan fingerprint density at radius 3 is 2.32 bits per heavy atom. The number of carbonyl (C=O) groups is 1. The zero-order valence-electron chi connectivity index (χ0n) is 16.2. The zero-order chi connectivity index (χ0) is 19.5. The van der Waals surface area contributed by atoms with Crippen molar-refractivity contribution in [2.45, 2.75) is 6.92 Å². The fourth-order valence-electron chi connectivity index (χ4n) is 3.43. The van der Waals surface area contributed by atoms with Crippen LogP contribution in [-0.2, 0) is 0 Å². The van der Waals surface area contributed by atoms with Gasteiger partial charge in [0, 0.05) is 37.4 Å². The van der Waals surface area contributed by atoms with Gasteiger partial charge in [-0.15, -0.1) is 0 Å². The number of hydrogen-bond acceptors (Lipinski definition) is 4. The van der Waals surface area contributed by atoms with E-state index in [4.69, 9.17) is 4.74 Å². The van der Waals surface area contributed by atoms with E-state index >= 15 is 0 Å². The highest BCUT2D eigenvalue weighted by atomic mass is 16.5. The minimum Gasteiger partial charge on any atom is -0.497 e. The molecular formula is C22H24N4O2. The average molecular weight is 376 g/mol. The second-order valence-electron chi connectivity index (χ2n) is 7.01. The minimum atomic E-state index is -0.00387. The number of aromatic amines is 1. The summed E-state index contributed by atoms with van der Waals surface area (Å²) in [6.45, 7) is 5.14. The van der Waals surface area contributed by atoms with E-state index < -0.39 is 0 Å². The number of rotatable bonds is 4. The number of benzene rings is 2. The highest BCUT2D eigenvalue weighted by Gasteiger charge is 2.23. The molecule has 2 aromatic carbocycles. The molecule has 144 valence electrons. The molecule has 0 spiro atoms. The van der Waals surface area contributed by atoms with Gasteiger partial charge in [-0.05, 0) is 49.4 Å². The van der Waals surface area contributed by atoms with Crippen LogP contribution < -0.4 is 9.64 Å². The number of anilines is 1. The molecule has 0 unspecified atom stereocenters. The lowest BCUT2D eigenvalue weighted by molar-refractivity contribution is 0.0741. The summed E-state index contributed by atoms with van der Waals surface area (Å²) in [5.41, 5.74) is 4.68. The molecule has 0 atom stereocenters. The molecule has 1 aliphatic heterocycles. The van der Waals surface area contributed by atoms with Crippen molar-refractivity contribution in [3.63, 3.8) is 0 Å². The molecule has 1 fully saturated rings. The Morgan fingerprint density at radius 2 is 1.68 bits per heavy atom. The number of aryl methyl sites for hydroxylation is 1. The fraction of sp³-hybridized carbons (Fsp3) is 0.273. The predicted molar refractivity (Wildman–Crippen MR) is 110 cm³/mol. The third-order valence-electron chi connectivity index (χ3n) is 5.16. The first-order valence-corrected chi connectivity index (χ1v) is 9.45. The third kappa shape index (κ3) is 3.71. The van der Waals surface area contributed by atoms with E-state index in [2.05, 4.69) is 46.3 Å². The van der Waals surface area contributed by atoms with Crippen LogP contribution in [0.15, 0.2) is 54.6 Å². The van der Waals surface area contributed by atoms with Crippen LogP contribution in [-0.4, -0.2) is 54.3 Å². The quantitative estimate of drug-likeness (QED) is 0.759. The first-order chi connectivity index (χ1) is 13.6. The number of H-pyrrole nitrogens is 1. The summed E-state index contributed by atoms with van der Waals surface area (Å²) < 4.78 is 5.18. The summed E-state index contributed by atoms with van der Waals surface area (Å²) >= 11 is 0. The largest absolute Gasteiger partial charge is 0.497 e. The van der Waals surface area contributed by atoms with Gasteiger partial charge >= 0.3 is 0 Å². The van der Waals surface area contributed by atoms with Crippen molar-refractivity contribution in [1.29, 1.82) is 0 Å². The second kappa shape index (κ2) is 7.76. The Labute approximate surface area is 164 Å². The van der Waals surface area contributed by atoms with E-state index in [0.717, 1.165) is 30.1 Å². The third-order valence-corrected chi connectivity index (χ3v) is 5.16. The van der Waals surface area contributed by atoms with Gasteiger partial charge in [0.2, 0.25) is 0 Å². The zero-order valence-corrected chi connectivity index (χ0v) is 16.2. The molecule has 6 nitrogen and oxygen atoms in total. The standard InChI is InChI=1S/C22H24N4O2/c1-16-3-7-18(8-4-16)25-11-13-26(14-12-25)22(27)21-15-20(23-24-21)17-5-9-19(28-2)10-6-17/h3-10,15H,11-14H2,1-2H3,(H,23,24). The summed E-state index contributed by atoms with van der Waals surface area (Å²) in [7, 11) is 1.64. The van der Waals surface area contributed by atoms with Crippen LogP contribution in [0.1, 0.15) is 16.1 Å². The topological polar surface area (TPSA) is 61.5 Å². The summed E-state index contributed by atoms with van der Waals surface area (Å²) in [4.78, 5) is 17.1. The lowest BCUT2D eigenvalue weighted by Gasteiger charge is -2.36. The Balaban J connectivity index is 1.40. The lowest BCUT2D eigenvalue weighted by Crippen LogP contribution is -2.48. The first-order valence-electron chi connectivity index (χ1n) is 9.45. The van der Waals surface area contributed by atoms with Gasteiger partial charge in [0.15, 0.2) is 0 Å². The van der Waals surface area contributed by atoms with Gasteiger partial charge < -0.3 is 14.5 Å². The van der Waals surface area contributed by atoms with Gasteiger partial charge in [0.05, 0.1) is 12.8 Å². The van der Waals surface area contributed by atoms with Gasteiger partial charge in [-0.25, -0.2) is 0 Å². The van der Waals surface area contributed by atoms with Crippen LogP contribution >= 0.6 is 0 Å². The molecule has 1 aliphatic rings. The van der Waals surface area contributed by atoms with E-state index in [-0.39, 0.29) is 5.91 Å². The van der Waals surface area contributed by atoms with E-state index in [1.807, 2.05) is 35.2 Å². The Bertz CT molecular complexity index is 939. The smallest absolute Gasteiger partial charge is 0.272 e. The fourth-order valence-corrected chi connectivity index (χ4v) is 3.43. The number of methoxy groups -OCH3 is 1. The van der Waals surface area contributed by atoms with Crippen LogP contribution in [0.5, 0.6) is 5.75 Å². The molecule has 4 rings (SSSR count). The number of ether oxygens (including phenoxy) is 1. The number of nitrogens with zero attached hydrogens (tertiary/aromatic N) is 3. The van der Waals surface area contributed by atoms with Crippen molar-refractivity contribution in [1.82, 2.24) is 15.1 Å². The SMILES string of the molecule is COc1ccc(-c2cc(C(=O)N3CCN(c4ccc(C)cc4)CC3)[nH]n2)cc1. The van der Waals surface area contributed by atoms with Gasteiger partial charge in [-0.1, -0.05) is 17.7 Å². The highest BCUT2D eigenvalue weighted by Crippen LogP contribution is 2.22. The molecule has 2 heterocycles. The summed E-state index contributed by atoms with van der Waals surface area (Å²) in [5.74, 6) is 0.790. The van der Waals surface area contributed by atoms with Crippen LogP contribution in [0.2, 0.25) is 0 Å². The van der Waals surface area contributed by atoms with E-state index in [9.17, 15) is 4.79 Å². The molecule has 0 aliphatic carbocycles. The average Bonchev–Trinajstić information content (AvgIpc) is 3.24. The molecule has 1 N–H and O–H groups in total. The maximum absolute atomic E-state index is 12.8. The molecule has 0 saturated carbocycles. The Morgan fingerprint density at radius 1 is 1.00 bits per heavy atom.